The molecule has 0 heterocycles. The summed E-state index contributed by atoms with van der Waals surface area (Å²) in [5, 5.41) is 15.1. The van der Waals surface area contributed by atoms with E-state index in [4.69, 9.17) is 4.74 Å². The molecule has 2 aromatic rings. The molecular formula is C31H43N3O7. The first-order valence-electron chi connectivity index (χ1n) is 13.7. The molecule has 10 heteroatoms. The Morgan fingerprint density at radius 2 is 1.66 bits per heavy atom. The average Bonchev–Trinajstić information content (AvgIpc) is 2.90. The van der Waals surface area contributed by atoms with Crippen LogP contribution in [0.5, 0.6) is 5.75 Å². The van der Waals surface area contributed by atoms with Gasteiger partial charge in [0, 0.05) is 12.5 Å². The first-order chi connectivity index (χ1) is 19.2. The summed E-state index contributed by atoms with van der Waals surface area (Å²) < 4.78 is 10.1. The Labute approximate surface area is 242 Å². The number of amides is 3. The Morgan fingerprint density at radius 1 is 1.02 bits per heavy atom. The Bertz CT molecular complexity index is 1220. The van der Waals surface area contributed by atoms with E-state index in [1.54, 1.807) is 32.9 Å². The van der Waals surface area contributed by atoms with E-state index in [9.17, 15) is 24.3 Å². The summed E-state index contributed by atoms with van der Waals surface area (Å²) in [5.74, 6) is -1.62. The van der Waals surface area contributed by atoms with Crippen LogP contribution in [0.25, 0.3) is 0 Å². The molecule has 10 nitrogen and oxygen atoms in total. The third kappa shape index (κ3) is 9.81. The monoisotopic (exact) mass is 569 g/mol. The number of nitrogens with one attached hydrogen (secondary N) is 2. The maximum absolute atomic E-state index is 14.5. The van der Waals surface area contributed by atoms with Crippen molar-refractivity contribution in [2.24, 2.45) is 0 Å². The number of methoxy groups -OCH3 is 1. The first kappa shape index (κ1) is 33.1. The van der Waals surface area contributed by atoms with Crippen LogP contribution in [0.1, 0.15) is 69.3 Å². The minimum absolute atomic E-state index is 0.0650. The number of carbonyl (C=O) groups excluding carboxylic acids is 4. The second-order valence-electron chi connectivity index (χ2n) is 11.1. The Balaban J connectivity index is 2.64. The highest BCUT2D eigenvalue weighted by atomic mass is 16.6. The number of nitrogens with zero attached hydrogens (tertiary/aromatic N) is 1. The van der Waals surface area contributed by atoms with Gasteiger partial charge in [-0.25, -0.2) is 4.79 Å². The fourth-order valence-corrected chi connectivity index (χ4v) is 4.29. The maximum atomic E-state index is 14.5. The van der Waals surface area contributed by atoms with E-state index >= 15 is 0 Å². The van der Waals surface area contributed by atoms with Crippen LogP contribution in [-0.2, 0) is 30.3 Å². The number of phenols is 1. The number of hydrogen-bond donors (Lipinski definition) is 3. The number of carbonyl (C=O) groups is 4. The van der Waals surface area contributed by atoms with Gasteiger partial charge in [0.1, 0.15) is 30.0 Å². The van der Waals surface area contributed by atoms with Crippen LogP contribution < -0.4 is 10.6 Å². The summed E-state index contributed by atoms with van der Waals surface area (Å²) in [4.78, 5) is 54.5. The van der Waals surface area contributed by atoms with E-state index < -0.39 is 47.6 Å². The number of ether oxygens (including phenoxy) is 2. The molecule has 0 bridgehead atoms. The molecule has 0 aliphatic carbocycles. The molecule has 2 rings (SSSR count). The number of aryl methyl sites for hydroxylation is 2. The summed E-state index contributed by atoms with van der Waals surface area (Å²) >= 11 is 0. The van der Waals surface area contributed by atoms with Crippen molar-refractivity contribution < 1.29 is 33.8 Å². The molecule has 41 heavy (non-hydrogen) atoms. The Morgan fingerprint density at radius 3 is 2.22 bits per heavy atom. The molecule has 0 radical (unpaired) electrons. The van der Waals surface area contributed by atoms with Crippen molar-refractivity contribution >= 4 is 23.9 Å². The van der Waals surface area contributed by atoms with Gasteiger partial charge in [-0.15, -0.1) is 0 Å². The molecule has 0 aromatic heterocycles. The standard InChI is InChI=1S/C31H43N3O7/c1-9-21(4)34(27(28(37)32-18-26(36)40-8)24-16-19(2)10-11-20(24)3)29(38)25(33-30(39)41-31(5,6)7)17-22-12-14-23(35)15-13-22/h10-16,21,25,27,35H,9,17-18H2,1-8H3,(H,32,37)(H,33,39). The summed E-state index contributed by atoms with van der Waals surface area (Å²) in [6.45, 7) is 12.3. The molecule has 0 aliphatic rings. The highest BCUT2D eigenvalue weighted by Crippen LogP contribution is 2.30. The fraction of sp³-hybridized carbons (Fsp3) is 0.484. The predicted molar refractivity (Wildman–Crippen MR) is 155 cm³/mol. The highest BCUT2D eigenvalue weighted by Gasteiger charge is 2.39. The topological polar surface area (TPSA) is 134 Å². The van der Waals surface area contributed by atoms with Crippen molar-refractivity contribution in [3.8, 4) is 5.75 Å². The van der Waals surface area contributed by atoms with Crippen molar-refractivity contribution in [3.63, 3.8) is 0 Å². The van der Waals surface area contributed by atoms with Gasteiger partial charge in [-0.3, -0.25) is 14.4 Å². The van der Waals surface area contributed by atoms with Crippen LogP contribution in [0.2, 0.25) is 0 Å². The van der Waals surface area contributed by atoms with Crippen molar-refractivity contribution in [1.82, 2.24) is 15.5 Å². The molecule has 0 fully saturated rings. The van der Waals surface area contributed by atoms with Gasteiger partial charge in [0.2, 0.25) is 11.8 Å². The lowest BCUT2D eigenvalue weighted by Crippen LogP contribution is -2.56. The zero-order valence-corrected chi connectivity index (χ0v) is 25.2. The van der Waals surface area contributed by atoms with E-state index in [1.807, 2.05) is 45.9 Å². The quantitative estimate of drug-likeness (QED) is 0.347. The van der Waals surface area contributed by atoms with Gasteiger partial charge in [0.05, 0.1) is 7.11 Å². The number of esters is 1. The highest BCUT2D eigenvalue weighted by molar-refractivity contribution is 5.93. The van der Waals surface area contributed by atoms with Crippen LogP contribution >= 0.6 is 0 Å². The zero-order chi connectivity index (χ0) is 30.9. The minimum atomic E-state index is -1.11. The second-order valence-corrected chi connectivity index (χ2v) is 11.1. The fourth-order valence-electron chi connectivity index (χ4n) is 4.29. The number of hydrogen-bond acceptors (Lipinski definition) is 7. The molecule has 0 saturated carbocycles. The smallest absolute Gasteiger partial charge is 0.408 e. The number of rotatable bonds is 11. The van der Waals surface area contributed by atoms with Gasteiger partial charge < -0.3 is 30.1 Å². The lowest BCUT2D eigenvalue weighted by atomic mass is 9.94. The lowest BCUT2D eigenvalue weighted by Gasteiger charge is -2.38. The molecule has 224 valence electrons. The van der Waals surface area contributed by atoms with Crippen LogP contribution in [0.4, 0.5) is 4.79 Å². The molecule has 0 spiro atoms. The van der Waals surface area contributed by atoms with E-state index in [2.05, 4.69) is 15.4 Å². The van der Waals surface area contributed by atoms with Crippen molar-refractivity contribution in [2.45, 2.75) is 85.0 Å². The second kappa shape index (κ2) is 14.5. The molecule has 3 unspecified atom stereocenters. The number of alkyl carbamates (subject to hydrolysis) is 1. The maximum Gasteiger partial charge on any atom is 0.408 e. The molecule has 3 atom stereocenters. The van der Waals surface area contributed by atoms with Crippen molar-refractivity contribution in [3.05, 3.63) is 64.7 Å². The van der Waals surface area contributed by atoms with Gasteiger partial charge in [0.25, 0.3) is 0 Å². The van der Waals surface area contributed by atoms with Crippen molar-refractivity contribution in [2.75, 3.05) is 13.7 Å². The third-order valence-corrected chi connectivity index (χ3v) is 6.58. The van der Waals surface area contributed by atoms with E-state index in [1.165, 1.54) is 24.1 Å². The van der Waals surface area contributed by atoms with E-state index in [0.717, 1.165) is 11.1 Å². The van der Waals surface area contributed by atoms with E-state index in [0.29, 0.717) is 17.5 Å². The van der Waals surface area contributed by atoms with Gasteiger partial charge in [-0.2, -0.15) is 0 Å². The molecule has 0 saturated heterocycles. The largest absolute Gasteiger partial charge is 0.508 e. The minimum Gasteiger partial charge on any atom is -0.508 e. The first-order valence-corrected chi connectivity index (χ1v) is 13.7. The Hall–Kier alpha value is -4.08. The molecule has 3 amide bonds. The molecule has 2 aromatic carbocycles. The third-order valence-electron chi connectivity index (χ3n) is 6.58. The lowest BCUT2D eigenvalue weighted by molar-refractivity contribution is -0.146. The normalized spacial score (nSPS) is 13.4. The summed E-state index contributed by atoms with van der Waals surface area (Å²) in [5.41, 5.74) is 2.15. The van der Waals surface area contributed by atoms with Crippen LogP contribution in [-0.4, -0.2) is 65.2 Å². The van der Waals surface area contributed by atoms with E-state index in [-0.39, 0.29) is 18.7 Å². The van der Waals surface area contributed by atoms with Gasteiger partial charge in [-0.1, -0.05) is 42.8 Å². The molecular weight excluding hydrogens is 526 g/mol. The van der Waals surface area contributed by atoms with Gasteiger partial charge in [-0.05, 0) is 76.8 Å². The van der Waals surface area contributed by atoms with Crippen molar-refractivity contribution in [1.29, 1.82) is 0 Å². The number of phenolic OH excluding ortho intramolecular Hbond substituents is 1. The van der Waals surface area contributed by atoms with Crippen LogP contribution in [0, 0.1) is 13.8 Å². The Kier molecular flexibility index (Phi) is 11.7. The van der Waals surface area contributed by atoms with Crippen LogP contribution in [0.15, 0.2) is 42.5 Å². The van der Waals surface area contributed by atoms with Crippen LogP contribution in [0.3, 0.4) is 0 Å². The summed E-state index contributed by atoms with van der Waals surface area (Å²) in [6, 6.07) is 9.29. The molecule has 0 aliphatic heterocycles. The SMILES string of the molecule is CCC(C)N(C(=O)C(Cc1ccc(O)cc1)NC(=O)OC(C)(C)C)C(C(=O)NCC(=O)OC)c1cc(C)ccc1C. The summed E-state index contributed by atoms with van der Waals surface area (Å²) in [7, 11) is 1.22. The predicted octanol–water partition coefficient (Wildman–Crippen LogP) is 4.10. The van der Waals surface area contributed by atoms with Gasteiger partial charge >= 0.3 is 12.1 Å². The number of aromatic hydroxyl groups is 1. The number of benzene rings is 2. The molecule has 3 N–H and O–H groups in total. The van der Waals surface area contributed by atoms with Gasteiger partial charge in [0.15, 0.2) is 0 Å². The zero-order valence-electron chi connectivity index (χ0n) is 25.2. The summed E-state index contributed by atoms with van der Waals surface area (Å²) in [6.07, 6.45) is -0.193. The average molecular weight is 570 g/mol.